The van der Waals surface area contributed by atoms with E-state index in [1.54, 1.807) is 6.07 Å². The van der Waals surface area contributed by atoms with Crippen molar-refractivity contribution in [1.82, 2.24) is 10.6 Å². The number of hydrogen-bond donors (Lipinski definition) is 2. The summed E-state index contributed by atoms with van der Waals surface area (Å²) >= 11 is 0. The first-order valence-corrected chi connectivity index (χ1v) is 8.83. The lowest BCUT2D eigenvalue weighted by Crippen LogP contribution is -2.38. The molecule has 1 aliphatic heterocycles. The highest BCUT2D eigenvalue weighted by atomic mass is 19.4. The number of carbonyl (C=O) groups is 3. The minimum Gasteiger partial charge on any atom is -0.459 e. The van der Waals surface area contributed by atoms with Gasteiger partial charge in [-0.1, -0.05) is 6.07 Å². The van der Waals surface area contributed by atoms with Crippen molar-refractivity contribution in [3.63, 3.8) is 0 Å². The summed E-state index contributed by atoms with van der Waals surface area (Å²) < 4.78 is 43.6. The summed E-state index contributed by atoms with van der Waals surface area (Å²) in [5, 5.41) is 5.17. The molecule has 2 heterocycles. The van der Waals surface area contributed by atoms with Gasteiger partial charge in [-0.25, -0.2) is 0 Å². The Labute approximate surface area is 163 Å². The Bertz CT molecular complexity index is 896. The minimum absolute atomic E-state index is 0.00919. The number of alkyl halides is 3. The van der Waals surface area contributed by atoms with Crippen molar-refractivity contribution in [1.29, 1.82) is 0 Å². The van der Waals surface area contributed by atoms with Crippen LogP contribution in [0.5, 0.6) is 0 Å². The first-order chi connectivity index (χ1) is 13.8. The van der Waals surface area contributed by atoms with Gasteiger partial charge in [0.25, 0.3) is 5.91 Å². The van der Waals surface area contributed by atoms with E-state index in [-0.39, 0.29) is 37.5 Å². The molecule has 2 aromatic rings. The third-order valence-corrected chi connectivity index (χ3v) is 4.44. The number of amides is 3. The number of furan rings is 1. The Morgan fingerprint density at radius 1 is 1.14 bits per heavy atom. The van der Waals surface area contributed by atoms with Crippen molar-refractivity contribution in [2.24, 2.45) is 5.92 Å². The van der Waals surface area contributed by atoms with E-state index in [4.69, 9.17) is 4.42 Å². The van der Waals surface area contributed by atoms with Gasteiger partial charge in [0.15, 0.2) is 5.76 Å². The third-order valence-electron chi connectivity index (χ3n) is 4.44. The second-order valence-corrected chi connectivity index (χ2v) is 6.48. The molecule has 1 aromatic carbocycles. The Hall–Kier alpha value is -3.30. The average Bonchev–Trinajstić information content (AvgIpc) is 3.34. The molecule has 0 saturated carbocycles. The summed E-state index contributed by atoms with van der Waals surface area (Å²) in [4.78, 5) is 37.3. The Morgan fingerprint density at radius 2 is 1.90 bits per heavy atom. The zero-order valence-corrected chi connectivity index (χ0v) is 15.2. The number of nitrogens with zero attached hydrogens (tertiary/aromatic N) is 1. The summed E-state index contributed by atoms with van der Waals surface area (Å²) in [6, 6.07) is 7.51. The van der Waals surface area contributed by atoms with Crippen LogP contribution < -0.4 is 15.5 Å². The fourth-order valence-corrected chi connectivity index (χ4v) is 2.98. The monoisotopic (exact) mass is 409 g/mol. The summed E-state index contributed by atoms with van der Waals surface area (Å²) in [5.74, 6) is -1.78. The molecule has 10 heteroatoms. The van der Waals surface area contributed by atoms with Gasteiger partial charge >= 0.3 is 6.18 Å². The first-order valence-electron chi connectivity index (χ1n) is 8.83. The fraction of sp³-hybridized carbons (Fsp3) is 0.316. The van der Waals surface area contributed by atoms with Gasteiger partial charge in [-0.2, -0.15) is 13.2 Å². The number of benzene rings is 1. The van der Waals surface area contributed by atoms with Crippen molar-refractivity contribution in [3.05, 3.63) is 54.0 Å². The molecule has 0 radical (unpaired) electrons. The molecule has 0 unspecified atom stereocenters. The summed E-state index contributed by atoms with van der Waals surface area (Å²) in [6.07, 6.45) is -3.25. The fourth-order valence-electron chi connectivity index (χ4n) is 2.98. The standard InChI is InChI=1S/C19H18F3N3O4/c20-19(21,22)13-3-1-4-14(10-13)25-11-12(9-16(25)26)17(27)23-6-7-24-18(28)15-5-2-8-29-15/h1-5,8,10,12H,6-7,9,11H2,(H,23,27)(H,24,28)/t12-/m1/s1. The second-order valence-electron chi connectivity index (χ2n) is 6.48. The molecule has 1 atom stereocenters. The molecular weight excluding hydrogens is 391 g/mol. The van der Waals surface area contributed by atoms with Gasteiger partial charge in [0, 0.05) is 31.7 Å². The predicted molar refractivity (Wildman–Crippen MR) is 96.0 cm³/mol. The Morgan fingerprint density at radius 3 is 2.59 bits per heavy atom. The van der Waals surface area contributed by atoms with Crippen molar-refractivity contribution in [2.45, 2.75) is 12.6 Å². The minimum atomic E-state index is -4.52. The molecule has 1 aromatic heterocycles. The summed E-state index contributed by atoms with van der Waals surface area (Å²) in [5.41, 5.74) is -0.756. The van der Waals surface area contributed by atoms with E-state index in [0.717, 1.165) is 12.1 Å². The highest BCUT2D eigenvalue weighted by Crippen LogP contribution is 2.33. The van der Waals surface area contributed by atoms with Crippen LogP contribution >= 0.6 is 0 Å². The van der Waals surface area contributed by atoms with Gasteiger partial charge < -0.3 is 20.0 Å². The molecule has 1 fully saturated rings. The largest absolute Gasteiger partial charge is 0.459 e. The van der Waals surface area contributed by atoms with Gasteiger partial charge in [-0.05, 0) is 30.3 Å². The number of carbonyl (C=O) groups excluding carboxylic acids is 3. The van der Waals surface area contributed by atoms with Crippen LogP contribution in [0, 0.1) is 5.92 Å². The van der Waals surface area contributed by atoms with Gasteiger partial charge in [-0.15, -0.1) is 0 Å². The van der Waals surface area contributed by atoms with Crippen LogP contribution in [0.3, 0.4) is 0 Å². The van der Waals surface area contributed by atoms with Crippen LogP contribution in [-0.2, 0) is 15.8 Å². The molecule has 29 heavy (non-hydrogen) atoms. The smallest absolute Gasteiger partial charge is 0.416 e. The van der Waals surface area contributed by atoms with Gasteiger partial charge in [0.1, 0.15) is 0 Å². The van der Waals surface area contributed by atoms with Crippen LogP contribution in [-0.4, -0.2) is 37.4 Å². The molecule has 1 aliphatic rings. The normalized spacial score (nSPS) is 16.7. The maximum atomic E-state index is 12.9. The maximum Gasteiger partial charge on any atom is 0.416 e. The zero-order chi connectivity index (χ0) is 21.0. The first kappa shape index (κ1) is 20.4. The van der Waals surface area contributed by atoms with Gasteiger partial charge in [-0.3, -0.25) is 14.4 Å². The predicted octanol–water partition coefficient (Wildman–Crippen LogP) is 2.20. The summed E-state index contributed by atoms with van der Waals surface area (Å²) in [7, 11) is 0. The number of hydrogen-bond acceptors (Lipinski definition) is 4. The lowest BCUT2D eigenvalue weighted by Gasteiger charge is -2.18. The van der Waals surface area contributed by atoms with Crippen molar-refractivity contribution in [2.75, 3.05) is 24.5 Å². The Balaban J connectivity index is 1.51. The molecule has 2 N–H and O–H groups in total. The van der Waals surface area contributed by atoms with E-state index >= 15 is 0 Å². The van der Waals surface area contributed by atoms with E-state index < -0.39 is 35.4 Å². The van der Waals surface area contributed by atoms with E-state index in [2.05, 4.69) is 10.6 Å². The molecule has 3 rings (SSSR count). The van der Waals surface area contributed by atoms with E-state index in [1.807, 2.05) is 0 Å². The number of nitrogens with one attached hydrogen (secondary N) is 2. The highest BCUT2D eigenvalue weighted by molar-refractivity contribution is 6.00. The molecule has 0 spiro atoms. The van der Waals surface area contributed by atoms with Crippen molar-refractivity contribution >= 4 is 23.4 Å². The van der Waals surface area contributed by atoms with Crippen molar-refractivity contribution in [3.8, 4) is 0 Å². The molecule has 0 aliphatic carbocycles. The van der Waals surface area contributed by atoms with E-state index in [0.29, 0.717) is 0 Å². The van der Waals surface area contributed by atoms with Crippen LogP contribution in [0.2, 0.25) is 0 Å². The molecule has 0 bridgehead atoms. The average molecular weight is 409 g/mol. The van der Waals surface area contributed by atoms with Gasteiger partial charge in [0.2, 0.25) is 11.8 Å². The third kappa shape index (κ3) is 4.95. The molecule has 1 saturated heterocycles. The number of anilines is 1. The number of halogens is 3. The lowest BCUT2D eigenvalue weighted by atomic mass is 10.1. The topological polar surface area (TPSA) is 91.7 Å². The highest BCUT2D eigenvalue weighted by Gasteiger charge is 2.36. The van der Waals surface area contributed by atoms with Crippen LogP contribution in [0.4, 0.5) is 18.9 Å². The molecular formula is C19H18F3N3O4. The van der Waals surface area contributed by atoms with E-state index in [9.17, 15) is 27.6 Å². The molecule has 3 amide bonds. The summed E-state index contributed by atoms with van der Waals surface area (Å²) in [6.45, 7) is 0.285. The molecule has 154 valence electrons. The zero-order valence-electron chi connectivity index (χ0n) is 15.2. The second kappa shape index (κ2) is 8.38. The van der Waals surface area contributed by atoms with Crippen molar-refractivity contribution < 1.29 is 32.0 Å². The lowest BCUT2D eigenvalue weighted by molar-refractivity contribution is -0.137. The van der Waals surface area contributed by atoms with Crippen LogP contribution in [0.1, 0.15) is 22.5 Å². The SMILES string of the molecule is O=C(NCCNC(=O)[C@@H]1CC(=O)N(c2cccc(C(F)(F)F)c2)C1)c1ccco1. The molecule has 7 nitrogen and oxygen atoms in total. The van der Waals surface area contributed by atoms with E-state index in [1.165, 1.54) is 29.4 Å². The quantitative estimate of drug-likeness (QED) is 0.716. The van der Waals surface area contributed by atoms with Crippen LogP contribution in [0.25, 0.3) is 0 Å². The Kier molecular flexibility index (Phi) is 5.90. The maximum absolute atomic E-state index is 12.9. The van der Waals surface area contributed by atoms with Gasteiger partial charge in [0.05, 0.1) is 17.7 Å². The van der Waals surface area contributed by atoms with Crippen LogP contribution in [0.15, 0.2) is 47.1 Å². The number of rotatable bonds is 6.